The molecule has 2 aromatic carbocycles. The van der Waals surface area contributed by atoms with E-state index in [1.807, 2.05) is 18.2 Å². The van der Waals surface area contributed by atoms with E-state index in [0.29, 0.717) is 18.8 Å². The average Bonchev–Trinajstić information content (AvgIpc) is 2.51. The average molecular weight is 287 g/mol. The number of hydrogen-bond acceptors (Lipinski definition) is 2. The predicted molar refractivity (Wildman–Crippen MR) is 83.3 cm³/mol. The molecule has 21 heavy (non-hydrogen) atoms. The van der Waals surface area contributed by atoms with Gasteiger partial charge >= 0.3 is 0 Å². The summed E-state index contributed by atoms with van der Waals surface area (Å²) in [4.78, 5) is 0. The first-order chi connectivity index (χ1) is 10.3. The highest BCUT2D eigenvalue weighted by molar-refractivity contribution is 5.26. The fraction of sp³-hybridized carbons (Fsp3) is 0.333. The topological polar surface area (TPSA) is 21.3 Å². The van der Waals surface area contributed by atoms with Gasteiger partial charge in [0.05, 0.1) is 13.2 Å². The minimum absolute atomic E-state index is 0.213. The molecule has 0 bridgehead atoms. The van der Waals surface area contributed by atoms with Gasteiger partial charge in [-0.05, 0) is 30.2 Å². The van der Waals surface area contributed by atoms with Crippen LogP contribution in [0.2, 0.25) is 0 Å². The Kier molecular flexibility index (Phi) is 6.38. The molecule has 0 saturated carbocycles. The van der Waals surface area contributed by atoms with Crippen molar-refractivity contribution in [1.82, 2.24) is 5.32 Å². The Balaban J connectivity index is 1.89. The zero-order valence-electron chi connectivity index (χ0n) is 12.4. The van der Waals surface area contributed by atoms with Gasteiger partial charge in [-0.2, -0.15) is 0 Å². The van der Waals surface area contributed by atoms with Crippen LogP contribution in [-0.2, 0) is 24.5 Å². The molecule has 0 saturated heterocycles. The molecule has 0 aliphatic heterocycles. The van der Waals surface area contributed by atoms with Crippen LogP contribution >= 0.6 is 0 Å². The summed E-state index contributed by atoms with van der Waals surface area (Å²) >= 11 is 0. The molecule has 0 aromatic heterocycles. The second-order valence-electron chi connectivity index (χ2n) is 5.03. The lowest BCUT2D eigenvalue weighted by Gasteiger charge is -2.11. The summed E-state index contributed by atoms with van der Waals surface area (Å²) in [6, 6.07) is 14.9. The van der Waals surface area contributed by atoms with Crippen molar-refractivity contribution in [3.05, 3.63) is 71.0 Å². The van der Waals surface area contributed by atoms with E-state index in [0.717, 1.165) is 25.1 Å². The Labute approximate surface area is 126 Å². The molecule has 112 valence electrons. The highest BCUT2D eigenvalue weighted by Crippen LogP contribution is 2.13. The number of rotatable bonds is 8. The Morgan fingerprint density at radius 1 is 0.905 bits per heavy atom. The third-order valence-electron chi connectivity index (χ3n) is 3.33. The van der Waals surface area contributed by atoms with Gasteiger partial charge in [-0.3, -0.25) is 0 Å². The van der Waals surface area contributed by atoms with Crippen molar-refractivity contribution < 1.29 is 9.13 Å². The molecule has 0 spiro atoms. The van der Waals surface area contributed by atoms with Gasteiger partial charge in [0.2, 0.25) is 0 Å². The van der Waals surface area contributed by atoms with Crippen LogP contribution in [0.15, 0.2) is 48.5 Å². The molecular weight excluding hydrogens is 265 g/mol. The monoisotopic (exact) mass is 287 g/mol. The fourth-order valence-electron chi connectivity index (χ4n) is 2.16. The van der Waals surface area contributed by atoms with Crippen LogP contribution in [0.25, 0.3) is 0 Å². The first-order valence-electron chi connectivity index (χ1n) is 7.40. The lowest BCUT2D eigenvalue weighted by molar-refractivity contribution is 0.104. The second kappa shape index (κ2) is 8.55. The van der Waals surface area contributed by atoms with Gasteiger partial charge in [-0.15, -0.1) is 0 Å². The second-order valence-corrected chi connectivity index (χ2v) is 5.03. The van der Waals surface area contributed by atoms with Gasteiger partial charge in [-0.25, -0.2) is 4.39 Å². The lowest BCUT2D eigenvalue weighted by atomic mass is 10.1. The maximum atomic E-state index is 13.5. The largest absolute Gasteiger partial charge is 0.372 e. The minimum Gasteiger partial charge on any atom is -0.372 e. The highest BCUT2D eigenvalue weighted by Gasteiger charge is 2.04. The highest BCUT2D eigenvalue weighted by atomic mass is 19.1. The third kappa shape index (κ3) is 4.96. The standard InChI is InChI=1S/C18H22FNO/c1-2-11-20-12-15-7-3-4-8-16(15)13-21-14-17-9-5-6-10-18(17)19/h3-10,20H,2,11-14H2,1H3. The molecule has 2 nitrogen and oxygen atoms in total. The SMILES string of the molecule is CCCNCc1ccccc1COCc1ccccc1F. The van der Waals surface area contributed by atoms with Crippen molar-refractivity contribution in [1.29, 1.82) is 0 Å². The van der Waals surface area contributed by atoms with Crippen LogP contribution in [0.3, 0.4) is 0 Å². The Bertz CT molecular complexity index is 556. The van der Waals surface area contributed by atoms with Crippen LogP contribution in [0.5, 0.6) is 0 Å². The molecule has 2 rings (SSSR count). The normalized spacial score (nSPS) is 10.8. The summed E-state index contributed by atoms with van der Waals surface area (Å²) < 4.78 is 19.2. The summed E-state index contributed by atoms with van der Waals surface area (Å²) in [5, 5.41) is 3.39. The Morgan fingerprint density at radius 3 is 2.24 bits per heavy atom. The fourth-order valence-corrected chi connectivity index (χ4v) is 2.16. The molecule has 3 heteroatoms. The molecular formula is C18H22FNO. The quantitative estimate of drug-likeness (QED) is 0.740. The zero-order valence-corrected chi connectivity index (χ0v) is 12.4. The van der Waals surface area contributed by atoms with E-state index in [1.165, 1.54) is 11.6 Å². The molecule has 1 N–H and O–H groups in total. The van der Waals surface area contributed by atoms with E-state index in [9.17, 15) is 4.39 Å². The van der Waals surface area contributed by atoms with Crippen molar-refractivity contribution in [2.24, 2.45) is 0 Å². The van der Waals surface area contributed by atoms with Gasteiger partial charge in [0.1, 0.15) is 5.82 Å². The molecule has 0 aliphatic rings. The van der Waals surface area contributed by atoms with Gasteiger partial charge in [0, 0.05) is 12.1 Å². The lowest BCUT2D eigenvalue weighted by Crippen LogP contribution is -2.15. The molecule has 2 aromatic rings. The van der Waals surface area contributed by atoms with Crippen LogP contribution in [0, 0.1) is 5.82 Å². The molecule has 0 radical (unpaired) electrons. The number of hydrogen-bond donors (Lipinski definition) is 1. The number of ether oxygens (including phenoxy) is 1. The van der Waals surface area contributed by atoms with Crippen molar-refractivity contribution in [3.8, 4) is 0 Å². The van der Waals surface area contributed by atoms with Gasteiger partial charge in [0.15, 0.2) is 0 Å². The molecule has 0 atom stereocenters. The molecule has 0 aliphatic carbocycles. The summed E-state index contributed by atoms with van der Waals surface area (Å²) in [5.74, 6) is -0.213. The van der Waals surface area contributed by atoms with Crippen LogP contribution < -0.4 is 5.32 Å². The van der Waals surface area contributed by atoms with E-state index < -0.39 is 0 Å². The van der Waals surface area contributed by atoms with Crippen molar-refractivity contribution >= 4 is 0 Å². The van der Waals surface area contributed by atoms with E-state index in [1.54, 1.807) is 12.1 Å². The van der Waals surface area contributed by atoms with Gasteiger partial charge in [0.25, 0.3) is 0 Å². The summed E-state index contributed by atoms with van der Waals surface area (Å²) in [6.07, 6.45) is 1.12. The molecule has 0 unspecified atom stereocenters. The van der Waals surface area contributed by atoms with E-state index in [-0.39, 0.29) is 5.82 Å². The van der Waals surface area contributed by atoms with Crippen molar-refractivity contribution in [3.63, 3.8) is 0 Å². The van der Waals surface area contributed by atoms with Crippen molar-refractivity contribution in [2.75, 3.05) is 6.54 Å². The summed E-state index contributed by atoms with van der Waals surface area (Å²) in [7, 11) is 0. The number of benzene rings is 2. The molecule has 0 fully saturated rings. The van der Waals surface area contributed by atoms with Crippen LogP contribution in [0.4, 0.5) is 4.39 Å². The first kappa shape index (κ1) is 15.7. The third-order valence-corrected chi connectivity index (χ3v) is 3.33. The minimum atomic E-state index is -0.213. The van der Waals surface area contributed by atoms with Crippen molar-refractivity contribution in [2.45, 2.75) is 33.1 Å². The van der Waals surface area contributed by atoms with Gasteiger partial charge < -0.3 is 10.1 Å². The molecule has 0 heterocycles. The Hall–Kier alpha value is -1.71. The van der Waals surface area contributed by atoms with Crippen LogP contribution in [-0.4, -0.2) is 6.54 Å². The predicted octanol–water partition coefficient (Wildman–Crippen LogP) is 4.04. The smallest absolute Gasteiger partial charge is 0.128 e. The van der Waals surface area contributed by atoms with Crippen LogP contribution in [0.1, 0.15) is 30.0 Å². The zero-order chi connectivity index (χ0) is 14.9. The maximum Gasteiger partial charge on any atom is 0.128 e. The summed E-state index contributed by atoms with van der Waals surface area (Å²) in [5.41, 5.74) is 2.98. The first-order valence-corrected chi connectivity index (χ1v) is 7.40. The van der Waals surface area contributed by atoms with E-state index >= 15 is 0 Å². The maximum absolute atomic E-state index is 13.5. The number of halogens is 1. The summed E-state index contributed by atoms with van der Waals surface area (Å²) in [6.45, 7) is 4.79. The number of nitrogens with one attached hydrogen (secondary N) is 1. The van der Waals surface area contributed by atoms with E-state index in [2.05, 4.69) is 24.4 Å². The Morgan fingerprint density at radius 2 is 1.52 bits per heavy atom. The van der Waals surface area contributed by atoms with Gasteiger partial charge in [-0.1, -0.05) is 49.4 Å². The van der Waals surface area contributed by atoms with E-state index in [4.69, 9.17) is 4.74 Å². The molecule has 0 amide bonds.